The number of hydrogen-bond donors (Lipinski definition) is 1. The number of hydrogen-bond acceptors (Lipinski definition) is 7. The molecule has 1 N–H and O–H groups in total. The van der Waals surface area contributed by atoms with Crippen LogP contribution < -0.4 is 10.2 Å². The lowest BCUT2D eigenvalue weighted by atomic mass is 10.1. The standard InChI is InChI=1S/C22H23N3O6/c1-14-11-16(24-7-9-30-10-8-24)4-3-15(14)12-18-20(26)25(22(28)23-18)13-17-5-6-19(31-17)21(27)29-2/h3-6,11-12H,7-10,13H2,1-2H3,(H,23,28). The van der Waals surface area contributed by atoms with Gasteiger partial charge in [0.1, 0.15) is 11.5 Å². The van der Waals surface area contributed by atoms with Gasteiger partial charge in [-0.05, 0) is 48.4 Å². The van der Waals surface area contributed by atoms with E-state index in [9.17, 15) is 14.4 Å². The molecule has 3 heterocycles. The maximum absolute atomic E-state index is 12.8. The third-order valence-corrected chi connectivity index (χ3v) is 5.25. The largest absolute Gasteiger partial charge is 0.463 e. The Kier molecular flexibility index (Phi) is 5.77. The van der Waals surface area contributed by atoms with Crippen LogP contribution in [0.15, 0.2) is 40.4 Å². The fraction of sp³-hybridized carbons (Fsp3) is 0.318. The zero-order chi connectivity index (χ0) is 22.0. The van der Waals surface area contributed by atoms with E-state index in [-0.39, 0.29) is 18.0 Å². The quantitative estimate of drug-likeness (QED) is 0.446. The average Bonchev–Trinajstić information content (AvgIpc) is 3.35. The molecule has 0 spiro atoms. The molecule has 1 aromatic heterocycles. The van der Waals surface area contributed by atoms with Gasteiger partial charge in [-0.1, -0.05) is 6.07 Å². The van der Waals surface area contributed by atoms with Crippen LogP contribution in [0.2, 0.25) is 0 Å². The number of urea groups is 1. The predicted octanol–water partition coefficient (Wildman–Crippen LogP) is 2.30. The highest BCUT2D eigenvalue weighted by molar-refractivity contribution is 6.13. The first-order valence-corrected chi connectivity index (χ1v) is 9.91. The van der Waals surface area contributed by atoms with Crippen molar-refractivity contribution in [3.63, 3.8) is 0 Å². The summed E-state index contributed by atoms with van der Waals surface area (Å²) in [5, 5.41) is 2.61. The molecule has 0 radical (unpaired) electrons. The molecule has 0 aliphatic carbocycles. The van der Waals surface area contributed by atoms with Crippen molar-refractivity contribution in [3.8, 4) is 0 Å². The minimum absolute atomic E-state index is 0.0105. The fourth-order valence-electron chi connectivity index (χ4n) is 3.54. The number of furan rings is 1. The van der Waals surface area contributed by atoms with Crippen LogP contribution in [0.5, 0.6) is 0 Å². The topological polar surface area (TPSA) is 101 Å². The second kappa shape index (κ2) is 8.65. The monoisotopic (exact) mass is 425 g/mol. The number of anilines is 1. The maximum atomic E-state index is 12.8. The van der Waals surface area contributed by atoms with Crippen LogP contribution in [0.3, 0.4) is 0 Å². The number of methoxy groups -OCH3 is 1. The molecule has 2 fully saturated rings. The van der Waals surface area contributed by atoms with Gasteiger partial charge in [-0.15, -0.1) is 0 Å². The van der Waals surface area contributed by atoms with Gasteiger partial charge in [0.25, 0.3) is 5.91 Å². The minimum Gasteiger partial charge on any atom is -0.463 e. The van der Waals surface area contributed by atoms with Gasteiger partial charge in [-0.2, -0.15) is 0 Å². The van der Waals surface area contributed by atoms with Crippen molar-refractivity contribution in [1.29, 1.82) is 0 Å². The molecular formula is C22H23N3O6. The summed E-state index contributed by atoms with van der Waals surface area (Å²) in [4.78, 5) is 39.9. The summed E-state index contributed by atoms with van der Waals surface area (Å²) >= 11 is 0. The molecule has 162 valence electrons. The van der Waals surface area contributed by atoms with Gasteiger partial charge in [0.05, 0.1) is 26.9 Å². The SMILES string of the molecule is COC(=O)c1ccc(CN2C(=O)NC(=Cc3ccc(N4CCOCC4)cc3C)C2=O)o1. The lowest BCUT2D eigenvalue weighted by molar-refractivity contribution is -0.123. The van der Waals surface area contributed by atoms with Crippen LogP contribution in [-0.2, 0) is 20.8 Å². The molecule has 0 bridgehead atoms. The number of morpholine rings is 1. The van der Waals surface area contributed by atoms with E-state index in [1.54, 1.807) is 6.08 Å². The van der Waals surface area contributed by atoms with Gasteiger partial charge < -0.3 is 24.1 Å². The number of esters is 1. The van der Waals surface area contributed by atoms with Crippen molar-refractivity contribution in [2.24, 2.45) is 0 Å². The Morgan fingerprint density at radius 2 is 1.97 bits per heavy atom. The number of carbonyl (C=O) groups excluding carboxylic acids is 3. The summed E-state index contributed by atoms with van der Waals surface area (Å²) in [6, 6.07) is 8.42. The number of carbonyl (C=O) groups is 3. The predicted molar refractivity (Wildman–Crippen MR) is 111 cm³/mol. The zero-order valence-electron chi connectivity index (χ0n) is 17.3. The molecule has 31 heavy (non-hydrogen) atoms. The van der Waals surface area contributed by atoms with Crippen molar-refractivity contribution in [2.45, 2.75) is 13.5 Å². The van der Waals surface area contributed by atoms with E-state index in [1.165, 1.54) is 19.2 Å². The Labute approximate surface area is 179 Å². The zero-order valence-corrected chi connectivity index (χ0v) is 17.3. The minimum atomic E-state index is -0.625. The van der Waals surface area contributed by atoms with Crippen molar-refractivity contribution < 1.29 is 28.3 Å². The average molecular weight is 425 g/mol. The molecule has 2 aromatic rings. The molecule has 4 rings (SSSR count). The molecule has 0 atom stereocenters. The molecule has 9 heteroatoms. The van der Waals surface area contributed by atoms with Crippen molar-refractivity contribution in [2.75, 3.05) is 38.3 Å². The van der Waals surface area contributed by atoms with Crippen LogP contribution in [0.25, 0.3) is 6.08 Å². The van der Waals surface area contributed by atoms with E-state index in [4.69, 9.17) is 9.15 Å². The third-order valence-electron chi connectivity index (χ3n) is 5.25. The number of rotatable bonds is 5. The smallest absolute Gasteiger partial charge is 0.373 e. The van der Waals surface area contributed by atoms with Crippen LogP contribution in [0, 0.1) is 6.92 Å². The number of amides is 3. The Morgan fingerprint density at radius 3 is 2.68 bits per heavy atom. The number of nitrogens with one attached hydrogen (secondary N) is 1. The molecule has 2 aliphatic heterocycles. The highest BCUT2D eigenvalue weighted by atomic mass is 16.5. The Morgan fingerprint density at radius 1 is 1.19 bits per heavy atom. The van der Waals surface area contributed by atoms with E-state index in [0.717, 1.165) is 34.8 Å². The Hall–Kier alpha value is -3.59. The fourth-order valence-corrected chi connectivity index (χ4v) is 3.54. The van der Waals surface area contributed by atoms with Crippen molar-refractivity contribution in [1.82, 2.24) is 10.2 Å². The molecular weight excluding hydrogens is 402 g/mol. The lowest BCUT2D eigenvalue weighted by Gasteiger charge is -2.29. The van der Waals surface area contributed by atoms with Gasteiger partial charge in [-0.3, -0.25) is 9.69 Å². The number of aryl methyl sites for hydroxylation is 1. The maximum Gasteiger partial charge on any atom is 0.373 e. The molecule has 0 saturated carbocycles. The lowest BCUT2D eigenvalue weighted by Crippen LogP contribution is -2.36. The van der Waals surface area contributed by atoms with Crippen LogP contribution in [-0.4, -0.2) is 56.2 Å². The van der Waals surface area contributed by atoms with E-state index in [1.807, 2.05) is 19.1 Å². The summed E-state index contributed by atoms with van der Waals surface area (Å²) in [6.45, 7) is 4.97. The normalized spacial score (nSPS) is 17.9. The molecule has 1 aromatic carbocycles. The molecule has 9 nitrogen and oxygen atoms in total. The van der Waals surface area contributed by atoms with E-state index in [2.05, 4.69) is 21.0 Å². The summed E-state index contributed by atoms with van der Waals surface area (Å²) in [6.07, 6.45) is 1.67. The summed E-state index contributed by atoms with van der Waals surface area (Å²) in [7, 11) is 1.24. The van der Waals surface area contributed by atoms with Crippen molar-refractivity contribution >= 4 is 29.7 Å². The number of benzene rings is 1. The van der Waals surface area contributed by atoms with Crippen LogP contribution in [0.1, 0.15) is 27.4 Å². The van der Waals surface area contributed by atoms with Gasteiger partial charge in [0.2, 0.25) is 5.76 Å². The second-order valence-electron chi connectivity index (χ2n) is 7.28. The number of nitrogens with zero attached hydrogens (tertiary/aromatic N) is 2. The Bertz CT molecular complexity index is 1050. The molecule has 2 aliphatic rings. The molecule has 2 saturated heterocycles. The van der Waals surface area contributed by atoms with Crippen LogP contribution in [0.4, 0.5) is 10.5 Å². The van der Waals surface area contributed by atoms with E-state index in [0.29, 0.717) is 19.0 Å². The first-order chi connectivity index (χ1) is 15.0. The number of imide groups is 1. The van der Waals surface area contributed by atoms with Gasteiger partial charge in [-0.25, -0.2) is 9.59 Å². The highest BCUT2D eigenvalue weighted by Gasteiger charge is 2.34. The van der Waals surface area contributed by atoms with Gasteiger partial charge >= 0.3 is 12.0 Å². The van der Waals surface area contributed by atoms with Crippen LogP contribution >= 0.6 is 0 Å². The molecule has 3 amide bonds. The Balaban J connectivity index is 1.49. The van der Waals surface area contributed by atoms with Gasteiger partial charge in [0.15, 0.2) is 0 Å². The molecule has 0 unspecified atom stereocenters. The van der Waals surface area contributed by atoms with Gasteiger partial charge in [0, 0.05) is 18.8 Å². The summed E-state index contributed by atoms with van der Waals surface area (Å²) in [5.74, 6) is -0.773. The summed E-state index contributed by atoms with van der Waals surface area (Å²) in [5.41, 5.74) is 3.12. The highest BCUT2D eigenvalue weighted by Crippen LogP contribution is 2.24. The second-order valence-corrected chi connectivity index (χ2v) is 7.28. The first kappa shape index (κ1) is 20.7. The first-order valence-electron chi connectivity index (χ1n) is 9.91. The van der Waals surface area contributed by atoms with Crippen molar-refractivity contribution in [3.05, 3.63) is 58.7 Å². The van der Waals surface area contributed by atoms with E-state index >= 15 is 0 Å². The van der Waals surface area contributed by atoms with E-state index < -0.39 is 17.9 Å². The third kappa shape index (κ3) is 4.31. The summed E-state index contributed by atoms with van der Waals surface area (Å²) < 4.78 is 15.3. The number of ether oxygens (including phenoxy) is 2.